The predicted octanol–water partition coefficient (Wildman–Crippen LogP) is 3.37. The molecule has 4 heteroatoms. The van der Waals surface area contributed by atoms with Crippen LogP contribution in [0.5, 0.6) is 5.75 Å². The minimum atomic E-state index is 0.498. The zero-order chi connectivity index (χ0) is 13.4. The molecule has 0 saturated carbocycles. The van der Waals surface area contributed by atoms with Crippen LogP contribution < -0.4 is 4.74 Å². The maximum atomic E-state index is 8.37. The van der Waals surface area contributed by atoms with Crippen LogP contribution in [-0.2, 0) is 12.8 Å². The van der Waals surface area contributed by atoms with Gasteiger partial charge in [-0.3, -0.25) is 10.4 Å². The zero-order valence-corrected chi connectivity index (χ0v) is 12.1. The number of ether oxygens (including phenoxy) is 1. The van der Waals surface area contributed by atoms with E-state index in [9.17, 15) is 0 Å². The van der Waals surface area contributed by atoms with E-state index in [1.807, 2.05) is 18.2 Å². The van der Waals surface area contributed by atoms with Gasteiger partial charge in [0, 0.05) is 16.2 Å². The standard InChI is InChI=1S/C15H13BrN2O/c1-19-12-4-5-13-9(7-12)2-3-10-6-11(16)8-18-15(10)14(13)17/h4-8,17H,2-3H2,1H3. The SMILES string of the molecule is COc1ccc2c(c1)CCc1cc(Br)cnc1C2=N. The zero-order valence-electron chi connectivity index (χ0n) is 10.5. The van der Waals surface area contributed by atoms with Gasteiger partial charge in [-0.15, -0.1) is 0 Å². The second-order valence-electron chi connectivity index (χ2n) is 4.56. The first kappa shape index (κ1) is 12.4. The Hall–Kier alpha value is -1.68. The molecule has 1 aromatic carbocycles. The Bertz CT molecular complexity index is 667. The molecule has 0 unspecified atom stereocenters. The first-order valence-electron chi connectivity index (χ1n) is 6.09. The molecule has 0 saturated heterocycles. The van der Waals surface area contributed by atoms with Gasteiger partial charge in [-0.05, 0) is 64.2 Å². The third kappa shape index (κ3) is 2.16. The van der Waals surface area contributed by atoms with Crippen molar-refractivity contribution in [3.05, 3.63) is 57.3 Å². The first-order chi connectivity index (χ1) is 9.19. The van der Waals surface area contributed by atoms with Crippen molar-refractivity contribution in [1.82, 2.24) is 4.98 Å². The summed E-state index contributed by atoms with van der Waals surface area (Å²) in [5, 5.41) is 8.37. The van der Waals surface area contributed by atoms with Crippen molar-refractivity contribution in [3.63, 3.8) is 0 Å². The van der Waals surface area contributed by atoms with Crippen LogP contribution in [0, 0.1) is 5.41 Å². The van der Waals surface area contributed by atoms with Crippen molar-refractivity contribution < 1.29 is 4.74 Å². The van der Waals surface area contributed by atoms with E-state index >= 15 is 0 Å². The topological polar surface area (TPSA) is 46.0 Å². The van der Waals surface area contributed by atoms with Gasteiger partial charge in [-0.2, -0.15) is 0 Å². The van der Waals surface area contributed by atoms with Crippen LogP contribution in [0.2, 0.25) is 0 Å². The molecular weight excluding hydrogens is 304 g/mol. The predicted molar refractivity (Wildman–Crippen MR) is 78.3 cm³/mol. The molecule has 3 nitrogen and oxygen atoms in total. The van der Waals surface area contributed by atoms with Crippen LogP contribution in [0.4, 0.5) is 0 Å². The molecular formula is C15H13BrN2O. The van der Waals surface area contributed by atoms with Crippen LogP contribution in [-0.4, -0.2) is 17.8 Å². The van der Waals surface area contributed by atoms with Crippen LogP contribution in [0.15, 0.2) is 34.9 Å². The van der Waals surface area contributed by atoms with Crippen molar-refractivity contribution in [2.24, 2.45) is 0 Å². The molecule has 0 radical (unpaired) electrons. The van der Waals surface area contributed by atoms with E-state index in [1.165, 1.54) is 0 Å². The molecule has 0 fully saturated rings. The van der Waals surface area contributed by atoms with Crippen molar-refractivity contribution in [2.45, 2.75) is 12.8 Å². The number of hydrogen-bond donors (Lipinski definition) is 1. The first-order valence-corrected chi connectivity index (χ1v) is 6.89. The number of aryl methyl sites for hydroxylation is 2. The Labute approximate surface area is 120 Å². The van der Waals surface area contributed by atoms with Gasteiger partial charge in [0.05, 0.1) is 18.5 Å². The molecule has 1 aromatic heterocycles. The van der Waals surface area contributed by atoms with Gasteiger partial charge < -0.3 is 4.74 Å². The van der Waals surface area contributed by atoms with Gasteiger partial charge in [0.15, 0.2) is 0 Å². The maximum absolute atomic E-state index is 8.37. The van der Waals surface area contributed by atoms with E-state index in [0.717, 1.165) is 45.4 Å². The van der Waals surface area contributed by atoms with Crippen molar-refractivity contribution in [3.8, 4) is 5.75 Å². The summed E-state index contributed by atoms with van der Waals surface area (Å²) in [6.07, 6.45) is 3.55. The molecule has 0 atom stereocenters. The Morgan fingerprint density at radius 3 is 2.79 bits per heavy atom. The fourth-order valence-electron chi connectivity index (χ4n) is 2.44. The van der Waals surface area contributed by atoms with Gasteiger partial charge in [-0.1, -0.05) is 0 Å². The van der Waals surface area contributed by atoms with Gasteiger partial charge in [0.2, 0.25) is 0 Å². The highest BCUT2D eigenvalue weighted by molar-refractivity contribution is 9.10. The van der Waals surface area contributed by atoms with Gasteiger partial charge in [0.1, 0.15) is 5.75 Å². The van der Waals surface area contributed by atoms with Crippen molar-refractivity contribution >= 4 is 21.6 Å². The highest BCUT2D eigenvalue weighted by atomic mass is 79.9. The molecule has 1 heterocycles. The van der Waals surface area contributed by atoms with E-state index in [0.29, 0.717) is 5.71 Å². The molecule has 3 rings (SSSR count). The maximum Gasteiger partial charge on any atom is 0.119 e. The number of rotatable bonds is 1. The highest BCUT2D eigenvalue weighted by Crippen LogP contribution is 2.27. The van der Waals surface area contributed by atoms with Crippen molar-refractivity contribution in [2.75, 3.05) is 7.11 Å². The van der Waals surface area contributed by atoms with Crippen LogP contribution in [0.1, 0.15) is 22.4 Å². The molecule has 0 aliphatic heterocycles. The lowest BCUT2D eigenvalue weighted by Crippen LogP contribution is -2.07. The van der Waals surface area contributed by atoms with E-state index in [4.69, 9.17) is 10.1 Å². The summed E-state index contributed by atoms with van der Waals surface area (Å²) in [6.45, 7) is 0. The van der Waals surface area contributed by atoms with E-state index in [-0.39, 0.29) is 0 Å². The average Bonchev–Trinajstić information content (AvgIpc) is 2.56. The lowest BCUT2D eigenvalue weighted by atomic mass is 10.0. The Morgan fingerprint density at radius 1 is 1.21 bits per heavy atom. The lowest BCUT2D eigenvalue weighted by molar-refractivity contribution is 0.414. The molecule has 19 heavy (non-hydrogen) atoms. The number of hydrogen-bond acceptors (Lipinski definition) is 3. The number of methoxy groups -OCH3 is 1. The van der Waals surface area contributed by atoms with Gasteiger partial charge in [0.25, 0.3) is 0 Å². The fraction of sp³-hybridized carbons (Fsp3) is 0.200. The number of benzene rings is 1. The summed E-state index contributed by atoms with van der Waals surface area (Å²) < 4.78 is 6.22. The third-order valence-corrected chi connectivity index (χ3v) is 3.85. The van der Waals surface area contributed by atoms with E-state index < -0.39 is 0 Å². The number of fused-ring (bicyclic) bond motifs is 2. The fourth-order valence-corrected chi connectivity index (χ4v) is 2.82. The van der Waals surface area contributed by atoms with Crippen LogP contribution >= 0.6 is 15.9 Å². The number of aromatic nitrogens is 1. The smallest absolute Gasteiger partial charge is 0.119 e. The quantitative estimate of drug-likeness (QED) is 0.876. The number of pyridine rings is 1. The Kier molecular flexibility index (Phi) is 3.11. The summed E-state index contributed by atoms with van der Waals surface area (Å²) in [7, 11) is 1.66. The van der Waals surface area contributed by atoms with Crippen LogP contribution in [0.25, 0.3) is 0 Å². The lowest BCUT2D eigenvalue weighted by Gasteiger charge is -2.09. The summed E-state index contributed by atoms with van der Waals surface area (Å²) >= 11 is 3.44. The highest BCUT2D eigenvalue weighted by Gasteiger charge is 2.20. The second-order valence-corrected chi connectivity index (χ2v) is 5.48. The van der Waals surface area contributed by atoms with E-state index in [1.54, 1.807) is 13.3 Å². The molecule has 96 valence electrons. The molecule has 2 aromatic rings. The summed E-state index contributed by atoms with van der Waals surface area (Å²) in [4.78, 5) is 4.40. The summed E-state index contributed by atoms with van der Waals surface area (Å²) in [5.41, 5.74) is 4.51. The Balaban J connectivity index is 2.13. The minimum Gasteiger partial charge on any atom is -0.497 e. The molecule has 1 aliphatic rings. The van der Waals surface area contributed by atoms with E-state index in [2.05, 4.69) is 27.0 Å². The summed E-state index contributed by atoms with van der Waals surface area (Å²) in [5.74, 6) is 0.839. The molecule has 0 spiro atoms. The molecule has 1 N–H and O–H groups in total. The second kappa shape index (κ2) is 4.78. The minimum absolute atomic E-state index is 0.498. The molecule has 0 amide bonds. The van der Waals surface area contributed by atoms with Crippen LogP contribution in [0.3, 0.4) is 0 Å². The number of nitrogens with one attached hydrogen (secondary N) is 1. The van der Waals surface area contributed by atoms with Crippen molar-refractivity contribution in [1.29, 1.82) is 5.41 Å². The third-order valence-electron chi connectivity index (χ3n) is 3.42. The monoisotopic (exact) mass is 316 g/mol. The van der Waals surface area contributed by atoms with Gasteiger partial charge in [-0.25, -0.2) is 0 Å². The molecule has 1 aliphatic carbocycles. The van der Waals surface area contributed by atoms with Gasteiger partial charge >= 0.3 is 0 Å². The Morgan fingerprint density at radius 2 is 2.00 bits per heavy atom. The number of nitrogens with zero attached hydrogens (tertiary/aromatic N) is 1. The number of halogens is 1. The normalized spacial score (nSPS) is 13.5. The molecule has 0 bridgehead atoms. The summed E-state index contributed by atoms with van der Waals surface area (Å²) in [6, 6.07) is 7.93. The average molecular weight is 317 g/mol. The largest absolute Gasteiger partial charge is 0.497 e.